The summed E-state index contributed by atoms with van der Waals surface area (Å²) in [5, 5.41) is 0. The van der Waals surface area contributed by atoms with Crippen molar-refractivity contribution in [3.63, 3.8) is 0 Å². The average molecular weight is 182 g/mol. The molecule has 3 heteroatoms. The van der Waals surface area contributed by atoms with Crippen LogP contribution in [0.1, 0.15) is 6.42 Å². The molecule has 0 amide bonds. The van der Waals surface area contributed by atoms with Gasteiger partial charge in [0, 0.05) is 31.6 Å². The number of likely N-dealkylation sites (tertiary alicyclic amines) is 2. The Morgan fingerprint density at radius 3 is 2.77 bits per heavy atom. The second-order valence-electron chi connectivity index (χ2n) is 5.11. The number of hydrogen-bond acceptors (Lipinski definition) is 3. The zero-order chi connectivity index (χ0) is 8.89. The van der Waals surface area contributed by atoms with Crippen molar-refractivity contribution in [1.82, 2.24) is 9.80 Å². The van der Waals surface area contributed by atoms with Gasteiger partial charge in [-0.15, -0.1) is 0 Å². The molecule has 3 rings (SSSR count). The Kier molecular flexibility index (Phi) is 1.70. The summed E-state index contributed by atoms with van der Waals surface area (Å²) < 4.78 is 5.26. The Morgan fingerprint density at radius 1 is 1.38 bits per heavy atom. The van der Waals surface area contributed by atoms with Crippen LogP contribution >= 0.6 is 0 Å². The highest BCUT2D eigenvalue weighted by Crippen LogP contribution is 2.38. The maximum absolute atomic E-state index is 5.26. The molecule has 3 nitrogen and oxygen atoms in total. The summed E-state index contributed by atoms with van der Waals surface area (Å²) in [6, 6.07) is 0. The Bertz CT molecular complexity index is 209. The number of rotatable bonds is 2. The molecule has 0 bridgehead atoms. The molecular weight excluding hydrogens is 164 g/mol. The first-order chi connectivity index (χ1) is 6.26. The molecule has 0 saturated carbocycles. The van der Waals surface area contributed by atoms with Crippen molar-refractivity contribution in [2.24, 2.45) is 5.41 Å². The molecule has 1 spiro atoms. The highest BCUT2D eigenvalue weighted by molar-refractivity contribution is 5.00. The van der Waals surface area contributed by atoms with E-state index in [2.05, 4.69) is 16.8 Å². The maximum Gasteiger partial charge on any atom is 0.0936 e. The molecule has 1 unspecified atom stereocenters. The van der Waals surface area contributed by atoms with Gasteiger partial charge in [0.25, 0.3) is 0 Å². The van der Waals surface area contributed by atoms with E-state index in [1.165, 1.54) is 39.1 Å². The second kappa shape index (κ2) is 2.69. The van der Waals surface area contributed by atoms with Gasteiger partial charge in [-0.1, -0.05) is 0 Å². The molecule has 0 aromatic carbocycles. The summed E-state index contributed by atoms with van der Waals surface area (Å²) in [5.41, 5.74) is 0.670. The van der Waals surface area contributed by atoms with E-state index in [1.54, 1.807) is 0 Å². The lowest BCUT2D eigenvalue weighted by Gasteiger charge is -2.46. The van der Waals surface area contributed by atoms with Crippen molar-refractivity contribution < 1.29 is 4.74 Å². The lowest BCUT2D eigenvalue weighted by Crippen LogP contribution is -2.55. The fourth-order valence-corrected chi connectivity index (χ4v) is 3.00. The van der Waals surface area contributed by atoms with Crippen LogP contribution in [0, 0.1) is 5.41 Å². The van der Waals surface area contributed by atoms with Gasteiger partial charge >= 0.3 is 0 Å². The number of epoxide rings is 1. The summed E-state index contributed by atoms with van der Waals surface area (Å²) in [6.07, 6.45) is 1.98. The van der Waals surface area contributed by atoms with Gasteiger partial charge in [-0.25, -0.2) is 0 Å². The number of nitrogens with zero attached hydrogens (tertiary/aromatic N) is 2. The van der Waals surface area contributed by atoms with Crippen LogP contribution in [0.3, 0.4) is 0 Å². The Labute approximate surface area is 79.6 Å². The molecular formula is C10H18N2O. The summed E-state index contributed by atoms with van der Waals surface area (Å²) in [4.78, 5) is 5.02. The maximum atomic E-state index is 5.26. The van der Waals surface area contributed by atoms with Gasteiger partial charge in [0.05, 0.1) is 12.7 Å². The van der Waals surface area contributed by atoms with E-state index in [0.717, 1.165) is 6.61 Å². The third kappa shape index (κ3) is 1.49. The van der Waals surface area contributed by atoms with Crippen LogP contribution in [0.5, 0.6) is 0 Å². The quantitative estimate of drug-likeness (QED) is 0.561. The molecule has 1 atom stereocenters. The van der Waals surface area contributed by atoms with Gasteiger partial charge in [-0.05, 0) is 20.0 Å². The summed E-state index contributed by atoms with van der Waals surface area (Å²) in [6.45, 7) is 7.43. The molecule has 3 heterocycles. The third-order valence-electron chi connectivity index (χ3n) is 3.59. The molecule has 0 aliphatic carbocycles. The first-order valence-corrected chi connectivity index (χ1v) is 5.28. The molecule has 0 N–H and O–H groups in total. The van der Waals surface area contributed by atoms with Crippen LogP contribution in [0.2, 0.25) is 0 Å². The zero-order valence-electron chi connectivity index (χ0n) is 8.33. The Hall–Kier alpha value is -0.120. The van der Waals surface area contributed by atoms with Gasteiger partial charge in [0.1, 0.15) is 0 Å². The van der Waals surface area contributed by atoms with E-state index in [4.69, 9.17) is 4.74 Å². The van der Waals surface area contributed by atoms with Crippen molar-refractivity contribution in [1.29, 1.82) is 0 Å². The van der Waals surface area contributed by atoms with Crippen LogP contribution < -0.4 is 0 Å². The van der Waals surface area contributed by atoms with Gasteiger partial charge in [-0.2, -0.15) is 0 Å². The van der Waals surface area contributed by atoms with Crippen LogP contribution in [0.25, 0.3) is 0 Å². The summed E-state index contributed by atoms with van der Waals surface area (Å²) in [7, 11) is 2.22. The van der Waals surface area contributed by atoms with Crippen LogP contribution in [0.4, 0.5) is 0 Å². The van der Waals surface area contributed by atoms with Crippen LogP contribution in [-0.2, 0) is 4.74 Å². The first kappa shape index (κ1) is 8.21. The standard InChI is InChI=1S/C10H18N2O/c1-11-6-10(7-11)2-3-12(8-10)4-9-5-13-9/h9H,2-8H2,1H3. The van der Waals surface area contributed by atoms with Crippen molar-refractivity contribution >= 4 is 0 Å². The molecule has 3 aliphatic heterocycles. The Morgan fingerprint density at radius 2 is 2.15 bits per heavy atom. The SMILES string of the molecule is CN1CC2(CCN(CC3CO3)C2)C1. The monoisotopic (exact) mass is 182 g/mol. The Balaban J connectivity index is 1.53. The molecule has 13 heavy (non-hydrogen) atoms. The molecule has 0 radical (unpaired) electrons. The van der Waals surface area contributed by atoms with Gasteiger partial charge in [0.2, 0.25) is 0 Å². The molecule has 3 fully saturated rings. The summed E-state index contributed by atoms with van der Waals surface area (Å²) >= 11 is 0. The molecule has 0 aromatic heterocycles. The van der Waals surface area contributed by atoms with E-state index >= 15 is 0 Å². The topological polar surface area (TPSA) is 19.0 Å². The van der Waals surface area contributed by atoms with Crippen LogP contribution in [-0.4, -0.2) is 62.3 Å². The van der Waals surface area contributed by atoms with E-state index in [-0.39, 0.29) is 0 Å². The molecule has 74 valence electrons. The molecule has 3 saturated heterocycles. The van der Waals surface area contributed by atoms with Crippen molar-refractivity contribution in [3.8, 4) is 0 Å². The predicted molar refractivity (Wildman–Crippen MR) is 50.7 cm³/mol. The van der Waals surface area contributed by atoms with Gasteiger partial charge in [0.15, 0.2) is 0 Å². The molecule has 3 aliphatic rings. The molecule has 0 aromatic rings. The smallest absolute Gasteiger partial charge is 0.0936 e. The largest absolute Gasteiger partial charge is 0.372 e. The summed E-state index contributed by atoms with van der Waals surface area (Å²) in [5.74, 6) is 0. The van der Waals surface area contributed by atoms with Crippen LogP contribution in [0.15, 0.2) is 0 Å². The number of hydrogen-bond donors (Lipinski definition) is 0. The van der Waals surface area contributed by atoms with Gasteiger partial charge in [-0.3, -0.25) is 4.90 Å². The fraction of sp³-hybridized carbons (Fsp3) is 1.00. The lowest BCUT2D eigenvalue weighted by atomic mass is 9.79. The van der Waals surface area contributed by atoms with E-state index in [0.29, 0.717) is 11.5 Å². The van der Waals surface area contributed by atoms with Crippen molar-refractivity contribution in [2.75, 3.05) is 46.4 Å². The first-order valence-electron chi connectivity index (χ1n) is 5.28. The fourth-order valence-electron chi connectivity index (χ4n) is 3.00. The normalized spacial score (nSPS) is 38.1. The minimum Gasteiger partial charge on any atom is -0.372 e. The zero-order valence-corrected chi connectivity index (χ0v) is 8.33. The van der Waals surface area contributed by atoms with Crippen molar-refractivity contribution in [2.45, 2.75) is 12.5 Å². The minimum atomic E-state index is 0.577. The van der Waals surface area contributed by atoms with E-state index in [1.807, 2.05) is 0 Å². The van der Waals surface area contributed by atoms with Gasteiger partial charge < -0.3 is 9.64 Å². The third-order valence-corrected chi connectivity index (χ3v) is 3.59. The second-order valence-corrected chi connectivity index (χ2v) is 5.11. The van der Waals surface area contributed by atoms with Crippen molar-refractivity contribution in [3.05, 3.63) is 0 Å². The van der Waals surface area contributed by atoms with E-state index < -0.39 is 0 Å². The lowest BCUT2D eigenvalue weighted by molar-refractivity contribution is 0.0303. The predicted octanol–water partition coefficient (Wildman–Crippen LogP) is 0.0227. The average Bonchev–Trinajstić information content (AvgIpc) is 2.72. The highest BCUT2D eigenvalue weighted by atomic mass is 16.6. The number of ether oxygens (including phenoxy) is 1. The van der Waals surface area contributed by atoms with E-state index in [9.17, 15) is 0 Å². The minimum absolute atomic E-state index is 0.577. The highest BCUT2D eigenvalue weighted by Gasteiger charge is 2.46.